The largest absolute Gasteiger partial charge is 0.455 e. The van der Waals surface area contributed by atoms with Crippen LogP contribution in [0.25, 0.3) is 10.8 Å². The Balaban J connectivity index is 1.53. The maximum atomic E-state index is 12.1. The lowest BCUT2D eigenvalue weighted by molar-refractivity contribution is -0.146. The van der Waals surface area contributed by atoms with Crippen molar-refractivity contribution in [1.29, 1.82) is 0 Å². The highest BCUT2D eigenvalue weighted by Gasteiger charge is 2.11. The normalized spacial score (nSPS) is 10.3. The molecule has 0 atom stereocenters. The van der Waals surface area contributed by atoms with E-state index >= 15 is 0 Å². The molecule has 0 heterocycles. The standard InChI is InChI=1S/C22H20N2O4/c1-23-22(27)16-9-11-18(12-10-16)24-20(25)14-28-21(26)13-17-7-4-6-15-5-2-3-8-19(15)17/h2-12H,13-14H2,1H3,(H,23,27)(H,24,25). The number of carbonyl (C=O) groups is 3. The van der Waals surface area contributed by atoms with E-state index in [1.54, 1.807) is 31.3 Å². The van der Waals surface area contributed by atoms with E-state index in [0.717, 1.165) is 16.3 Å². The number of benzene rings is 3. The highest BCUT2D eigenvalue weighted by molar-refractivity contribution is 5.96. The van der Waals surface area contributed by atoms with Crippen LogP contribution < -0.4 is 10.6 Å². The van der Waals surface area contributed by atoms with E-state index in [4.69, 9.17) is 4.74 Å². The predicted molar refractivity (Wildman–Crippen MR) is 107 cm³/mol. The van der Waals surface area contributed by atoms with Crippen LogP contribution in [0.5, 0.6) is 0 Å². The van der Waals surface area contributed by atoms with Crippen molar-refractivity contribution in [3.63, 3.8) is 0 Å². The summed E-state index contributed by atoms with van der Waals surface area (Å²) in [4.78, 5) is 35.6. The summed E-state index contributed by atoms with van der Waals surface area (Å²) in [5.74, 6) is -1.12. The molecule has 0 aliphatic rings. The summed E-state index contributed by atoms with van der Waals surface area (Å²) >= 11 is 0. The van der Waals surface area contributed by atoms with Gasteiger partial charge in [0.2, 0.25) is 0 Å². The van der Waals surface area contributed by atoms with Gasteiger partial charge in [-0.3, -0.25) is 14.4 Å². The van der Waals surface area contributed by atoms with Crippen molar-refractivity contribution < 1.29 is 19.1 Å². The zero-order valence-electron chi connectivity index (χ0n) is 15.4. The molecule has 3 aromatic carbocycles. The van der Waals surface area contributed by atoms with Crippen LogP contribution >= 0.6 is 0 Å². The molecule has 3 rings (SSSR count). The topological polar surface area (TPSA) is 84.5 Å². The number of fused-ring (bicyclic) bond motifs is 1. The van der Waals surface area contributed by atoms with Gasteiger partial charge >= 0.3 is 5.97 Å². The van der Waals surface area contributed by atoms with Crippen LogP contribution in [0, 0.1) is 0 Å². The third-order valence-electron chi connectivity index (χ3n) is 4.24. The molecule has 2 amide bonds. The van der Waals surface area contributed by atoms with Crippen molar-refractivity contribution in [2.24, 2.45) is 0 Å². The first-order chi connectivity index (χ1) is 13.6. The van der Waals surface area contributed by atoms with Gasteiger partial charge in [0.05, 0.1) is 6.42 Å². The maximum absolute atomic E-state index is 12.1. The highest BCUT2D eigenvalue weighted by Crippen LogP contribution is 2.19. The number of nitrogens with one attached hydrogen (secondary N) is 2. The highest BCUT2D eigenvalue weighted by atomic mass is 16.5. The van der Waals surface area contributed by atoms with Gasteiger partial charge in [0, 0.05) is 18.3 Å². The Labute approximate surface area is 162 Å². The van der Waals surface area contributed by atoms with Gasteiger partial charge in [-0.15, -0.1) is 0 Å². The van der Waals surface area contributed by atoms with Crippen LogP contribution in [0.3, 0.4) is 0 Å². The molecule has 0 saturated carbocycles. The van der Waals surface area contributed by atoms with E-state index in [-0.39, 0.29) is 18.9 Å². The van der Waals surface area contributed by atoms with Crippen LogP contribution in [0.15, 0.2) is 66.7 Å². The Morgan fingerprint density at radius 3 is 2.36 bits per heavy atom. The van der Waals surface area contributed by atoms with E-state index in [9.17, 15) is 14.4 Å². The van der Waals surface area contributed by atoms with E-state index < -0.39 is 11.9 Å². The van der Waals surface area contributed by atoms with Crippen molar-refractivity contribution in [2.75, 3.05) is 19.0 Å². The van der Waals surface area contributed by atoms with E-state index in [1.807, 2.05) is 42.5 Å². The summed E-state index contributed by atoms with van der Waals surface area (Å²) in [6.45, 7) is -0.374. The smallest absolute Gasteiger partial charge is 0.310 e. The second-order valence-electron chi connectivity index (χ2n) is 6.18. The molecule has 0 aliphatic heterocycles. The number of hydrogen-bond acceptors (Lipinski definition) is 4. The Morgan fingerprint density at radius 2 is 1.61 bits per heavy atom. The monoisotopic (exact) mass is 376 g/mol. The molecule has 2 N–H and O–H groups in total. The van der Waals surface area contributed by atoms with E-state index in [2.05, 4.69) is 10.6 Å². The number of ether oxygens (including phenoxy) is 1. The molecule has 0 spiro atoms. The first kappa shape index (κ1) is 19.1. The van der Waals surface area contributed by atoms with Crippen molar-refractivity contribution in [3.8, 4) is 0 Å². The summed E-state index contributed by atoms with van der Waals surface area (Å²) in [7, 11) is 1.55. The Bertz CT molecular complexity index is 1010. The molecule has 0 unspecified atom stereocenters. The minimum atomic E-state index is -0.471. The summed E-state index contributed by atoms with van der Waals surface area (Å²) < 4.78 is 5.09. The molecule has 6 heteroatoms. The number of rotatable bonds is 6. The fourth-order valence-electron chi connectivity index (χ4n) is 2.85. The molecular formula is C22H20N2O4. The first-order valence-corrected chi connectivity index (χ1v) is 8.81. The Kier molecular flexibility index (Phi) is 6.01. The fourth-order valence-corrected chi connectivity index (χ4v) is 2.85. The van der Waals surface area contributed by atoms with Crippen molar-refractivity contribution >= 4 is 34.2 Å². The van der Waals surface area contributed by atoms with E-state index in [0.29, 0.717) is 11.3 Å². The lowest BCUT2D eigenvalue weighted by atomic mass is 10.0. The molecule has 28 heavy (non-hydrogen) atoms. The minimum absolute atomic E-state index is 0.0927. The lowest BCUT2D eigenvalue weighted by Crippen LogP contribution is -2.22. The molecule has 0 fully saturated rings. The maximum Gasteiger partial charge on any atom is 0.310 e. The molecule has 142 valence electrons. The second-order valence-corrected chi connectivity index (χ2v) is 6.18. The number of hydrogen-bond donors (Lipinski definition) is 2. The van der Waals surface area contributed by atoms with Gasteiger partial charge in [-0.1, -0.05) is 42.5 Å². The average molecular weight is 376 g/mol. The van der Waals surface area contributed by atoms with Gasteiger partial charge in [0.15, 0.2) is 6.61 Å². The molecule has 0 bridgehead atoms. The third-order valence-corrected chi connectivity index (χ3v) is 4.24. The van der Waals surface area contributed by atoms with Crippen LogP contribution in [0.2, 0.25) is 0 Å². The SMILES string of the molecule is CNC(=O)c1ccc(NC(=O)COC(=O)Cc2cccc3ccccc23)cc1. The summed E-state index contributed by atoms with van der Waals surface area (Å²) in [6.07, 6.45) is 0.0927. The fraction of sp³-hybridized carbons (Fsp3) is 0.136. The predicted octanol–water partition coefficient (Wildman–Crippen LogP) is 2.92. The van der Waals surface area contributed by atoms with E-state index in [1.165, 1.54) is 0 Å². The van der Waals surface area contributed by atoms with Gasteiger partial charge < -0.3 is 15.4 Å². The summed E-state index contributed by atoms with van der Waals surface area (Å²) in [5, 5.41) is 7.18. The first-order valence-electron chi connectivity index (χ1n) is 8.81. The molecule has 0 aromatic heterocycles. The molecule has 3 aromatic rings. The van der Waals surface area contributed by atoms with Crippen molar-refractivity contribution in [2.45, 2.75) is 6.42 Å². The molecule has 0 aliphatic carbocycles. The molecule has 0 saturated heterocycles. The second kappa shape index (κ2) is 8.81. The third kappa shape index (κ3) is 4.73. The number of esters is 1. The zero-order valence-corrected chi connectivity index (χ0v) is 15.4. The van der Waals surface area contributed by atoms with Gasteiger partial charge in [-0.05, 0) is 40.6 Å². The lowest BCUT2D eigenvalue weighted by Gasteiger charge is -2.09. The van der Waals surface area contributed by atoms with Crippen molar-refractivity contribution in [1.82, 2.24) is 5.32 Å². The van der Waals surface area contributed by atoms with Gasteiger partial charge in [-0.2, -0.15) is 0 Å². The van der Waals surface area contributed by atoms with Crippen LogP contribution in [0.4, 0.5) is 5.69 Å². The summed E-state index contributed by atoms with van der Waals surface area (Å²) in [6, 6.07) is 19.9. The zero-order chi connectivity index (χ0) is 19.9. The van der Waals surface area contributed by atoms with Gasteiger partial charge in [0.25, 0.3) is 11.8 Å². The average Bonchev–Trinajstić information content (AvgIpc) is 2.72. The van der Waals surface area contributed by atoms with Crippen molar-refractivity contribution in [3.05, 3.63) is 77.9 Å². The molecule has 0 radical (unpaired) electrons. The quantitative estimate of drug-likeness (QED) is 0.648. The van der Waals surface area contributed by atoms with Crippen LogP contribution in [-0.4, -0.2) is 31.4 Å². The molecular weight excluding hydrogens is 356 g/mol. The Hall–Kier alpha value is -3.67. The van der Waals surface area contributed by atoms with Crippen LogP contribution in [-0.2, 0) is 20.7 Å². The minimum Gasteiger partial charge on any atom is -0.455 e. The summed E-state index contributed by atoms with van der Waals surface area (Å²) in [5.41, 5.74) is 1.86. The molecule has 6 nitrogen and oxygen atoms in total. The number of carbonyl (C=O) groups excluding carboxylic acids is 3. The van der Waals surface area contributed by atoms with Crippen LogP contribution in [0.1, 0.15) is 15.9 Å². The van der Waals surface area contributed by atoms with Gasteiger partial charge in [-0.25, -0.2) is 0 Å². The number of anilines is 1. The Morgan fingerprint density at radius 1 is 0.893 bits per heavy atom. The van der Waals surface area contributed by atoms with Gasteiger partial charge in [0.1, 0.15) is 0 Å². The number of amides is 2.